The summed E-state index contributed by atoms with van der Waals surface area (Å²) in [6.07, 6.45) is 32.9. The van der Waals surface area contributed by atoms with Crippen LogP contribution in [-0.2, 0) is 14.2 Å². The molecular weight excluding hydrogens is 878 g/mol. The maximum atomic E-state index is 6.83. The van der Waals surface area contributed by atoms with E-state index in [1.807, 2.05) is 0 Å². The Morgan fingerprint density at radius 2 is 0.642 bits per heavy atom. The van der Waals surface area contributed by atoms with Crippen molar-refractivity contribution in [3.8, 4) is 0 Å². The van der Waals surface area contributed by atoms with Crippen molar-refractivity contribution < 1.29 is 14.2 Å². The van der Waals surface area contributed by atoms with Crippen LogP contribution >= 0.6 is 45.2 Å². The molecule has 320 valence electrons. The lowest BCUT2D eigenvalue weighted by Gasteiger charge is -2.27. The maximum Gasteiger partial charge on any atom is 0.160 e. The molecule has 10 atom stereocenters. The van der Waals surface area contributed by atoms with Crippen LogP contribution in [0.1, 0.15) is 236 Å². The summed E-state index contributed by atoms with van der Waals surface area (Å²) in [6, 6.07) is 0. The molecule has 0 fully saturated rings. The highest BCUT2D eigenvalue weighted by Gasteiger charge is 2.21. The van der Waals surface area contributed by atoms with Gasteiger partial charge in [-0.05, 0) is 113 Å². The average Bonchev–Trinajstić information content (AvgIpc) is 3.05. The molecule has 3 nitrogen and oxygen atoms in total. The van der Waals surface area contributed by atoms with Gasteiger partial charge in [0.05, 0.1) is 0 Å². The van der Waals surface area contributed by atoms with Crippen molar-refractivity contribution in [2.75, 3.05) is 13.2 Å². The van der Waals surface area contributed by atoms with Crippen LogP contribution in [0.4, 0.5) is 0 Å². The molecule has 5 heteroatoms. The lowest BCUT2D eigenvalue weighted by molar-refractivity contribution is -0.250. The first-order valence-corrected chi connectivity index (χ1v) is 26.0. The number of hydrogen-bond acceptors (Lipinski definition) is 3. The first-order valence-electron chi connectivity index (χ1n) is 23.5. The second-order valence-corrected chi connectivity index (χ2v) is 22.7. The van der Waals surface area contributed by atoms with Gasteiger partial charge in [-0.2, -0.15) is 0 Å². The molecule has 0 aliphatic rings. The van der Waals surface area contributed by atoms with Crippen LogP contribution < -0.4 is 0 Å². The fraction of sp³-hybridized carbons (Fsp3) is 1.00. The van der Waals surface area contributed by atoms with Crippen LogP contribution in [0.5, 0.6) is 0 Å². The first kappa shape index (κ1) is 54.3. The second kappa shape index (κ2) is 37.6. The fourth-order valence-corrected chi connectivity index (χ4v) is 10.6. The molecule has 0 heterocycles. The Labute approximate surface area is 362 Å². The van der Waals surface area contributed by atoms with Crippen molar-refractivity contribution in [1.82, 2.24) is 0 Å². The Morgan fingerprint density at radius 3 is 0.981 bits per heavy atom. The van der Waals surface area contributed by atoms with Crippen LogP contribution in [0.3, 0.4) is 0 Å². The molecule has 0 amide bonds. The summed E-state index contributed by atoms with van der Waals surface area (Å²) in [7, 11) is 0. The quantitative estimate of drug-likeness (QED) is 0.0265. The zero-order valence-electron chi connectivity index (χ0n) is 37.6. The van der Waals surface area contributed by atoms with Gasteiger partial charge in [0.1, 0.15) is 0 Å². The topological polar surface area (TPSA) is 27.7 Å². The van der Waals surface area contributed by atoms with Crippen LogP contribution in [0.2, 0.25) is 0 Å². The summed E-state index contributed by atoms with van der Waals surface area (Å²) in [6.45, 7) is 25.7. The average molecular weight is 975 g/mol. The van der Waals surface area contributed by atoms with Crippen molar-refractivity contribution in [2.45, 2.75) is 257 Å². The molecule has 0 bridgehead atoms. The van der Waals surface area contributed by atoms with Gasteiger partial charge < -0.3 is 14.2 Å². The largest absolute Gasteiger partial charge is 0.353 e. The molecular formula is C48H96I2O3. The predicted molar refractivity (Wildman–Crippen MR) is 254 cm³/mol. The maximum absolute atomic E-state index is 6.83. The van der Waals surface area contributed by atoms with Gasteiger partial charge >= 0.3 is 0 Å². The van der Waals surface area contributed by atoms with Gasteiger partial charge in [0, 0.05) is 21.1 Å². The molecule has 0 spiro atoms. The van der Waals surface area contributed by atoms with E-state index in [4.69, 9.17) is 14.2 Å². The van der Waals surface area contributed by atoms with Crippen molar-refractivity contribution in [3.05, 3.63) is 0 Å². The third kappa shape index (κ3) is 37.4. The van der Waals surface area contributed by atoms with Gasteiger partial charge in [-0.1, -0.05) is 204 Å². The monoisotopic (exact) mass is 975 g/mol. The third-order valence-electron chi connectivity index (χ3n) is 11.4. The molecule has 0 aliphatic carbocycles. The molecule has 10 unspecified atom stereocenters. The minimum absolute atomic E-state index is 0.150. The second-order valence-electron chi connectivity index (χ2n) is 18.4. The SMILES string of the molecule is CCCCCCCCCOC(CCCC(C)CC(C)CC(C)CC(C)I)OC(CCCC(C)CC(C)CC(C)CC(C)I)OCCCCCCCCC. The van der Waals surface area contributed by atoms with Gasteiger partial charge in [0.25, 0.3) is 0 Å². The standard InChI is InChI=1S/C48H96I2O3/c1-11-13-15-17-19-21-23-31-51-47(29-25-27-39(3)33-41(5)35-43(7)37-45(9)49)53-48(52-32-24-22-20-18-16-14-12-2)30-26-28-40(4)34-42(6)36-44(8)38-46(10)50/h39-48H,11-38H2,1-10H3. The number of rotatable bonds is 40. The van der Waals surface area contributed by atoms with Crippen molar-refractivity contribution >= 4 is 45.2 Å². The molecule has 0 aromatic carbocycles. The Kier molecular flexibility index (Phi) is 38.6. The van der Waals surface area contributed by atoms with E-state index in [1.165, 1.54) is 141 Å². The Bertz CT molecular complexity index is 688. The van der Waals surface area contributed by atoms with Crippen molar-refractivity contribution in [2.24, 2.45) is 35.5 Å². The third-order valence-corrected chi connectivity index (χ3v) is 12.4. The summed E-state index contributed by atoms with van der Waals surface area (Å²) in [5, 5.41) is 0. The van der Waals surface area contributed by atoms with E-state index < -0.39 is 0 Å². The molecule has 0 saturated heterocycles. The number of unbranched alkanes of at least 4 members (excludes halogenated alkanes) is 12. The smallest absolute Gasteiger partial charge is 0.160 e. The highest BCUT2D eigenvalue weighted by atomic mass is 127. The molecule has 0 aromatic heterocycles. The summed E-state index contributed by atoms with van der Waals surface area (Å²) < 4.78 is 21.5. The number of alkyl halides is 2. The Hall–Kier alpha value is 1.34. The summed E-state index contributed by atoms with van der Waals surface area (Å²) in [4.78, 5) is 0. The normalized spacial score (nSPS) is 17.9. The fourth-order valence-electron chi connectivity index (χ4n) is 8.84. The van der Waals surface area contributed by atoms with Gasteiger partial charge in [-0.25, -0.2) is 0 Å². The lowest BCUT2D eigenvalue weighted by atomic mass is 9.86. The van der Waals surface area contributed by atoms with E-state index in [-0.39, 0.29) is 12.6 Å². The van der Waals surface area contributed by atoms with Crippen LogP contribution in [0.25, 0.3) is 0 Å². The lowest BCUT2D eigenvalue weighted by Crippen LogP contribution is -2.28. The molecule has 0 aromatic rings. The molecule has 0 radical (unpaired) electrons. The van der Waals surface area contributed by atoms with E-state index in [0.717, 1.165) is 82.3 Å². The molecule has 0 saturated carbocycles. The highest BCUT2D eigenvalue weighted by molar-refractivity contribution is 14.1. The Balaban J connectivity index is 5.24. The van der Waals surface area contributed by atoms with E-state index in [1.54, 1.807) is 0 Å². The highest BCUT2D eigenvalue weighted by Crippen LogP contribution is 2.29. The van der Waals surface area contributed by atoms with Crippen molar-refractivity contribution in [3.63, 3.8) is 0 Å². The number of hydrogen-bond donors (Lipinski definition) is 0. The van der Waals surface area contributed by atoms with Crippen LogP contribution in [0, 0.1) is 35.5 Å². The summed E-state index contributed by atoms with van der Waals surface area (Å²) in [5.74, 6) is 4.75. The summed E-state index contributed by atoms with van der Waals surface area (Å²) >= 11 is 5.17. The zero-order valence-corrected chi connectivity index (χ0v) is 41.9. The zero-order chi connectivity index (χ0) is 39.7. The molecule has 0 aliphatic heterocycles. The summed E-state index contributed by atoms with van der Waals surface area (Å²) in [5.41, 5.74) is 0. The van der Waals surface area contributed by atoms with E-state index in [0.29, 0.717) is 0 Å². The van der Waals surface area contributed by atoms with Crippen LogP contribution in [0.15, 0.2) is 0 Å². The van der Waals surface area contributed by atoms with E-state index >= 15 is 0 Å². The minimum Gasteiger partial charge on any atom is -0.353 e. The Morgan fingerprint density at radius 1 is 0.340 bits per heavy atom. The minimum atomic E-state index is -0.150. The first-order chi connectivity index (χ1) is 25.4. The van der Waals surface area contributed by atoms with E-state index in [2.05, 4.69) is 114 Å². The predicted octanol–water partition coefficient (Wildman–Crippen LogP) is 17.3. The van der Waals surface area contributed by atoms with Gasteiger partial charge in [0.15, 0.2) is 12.6 Å². The molecule has 0 rings (SSSR count). The molecule has 53 heavy (non-hydrogen) atoms. The number of halogens is 2. The van der Waals surface area contributed by atoms with Crippen molar-refractivity contribution in [1.29, 1.82) is 0 Å². The van der Waals surface area contributed by atoms with Crippen LogP contribution in [-0.4, -0.2) is 33.6 Å². The molecule has 0 N–H and O–H groups in total. The number of ether oxygens (including phenoxy) is 3. The van der Waals surface area contributed by atoms with Gasteiger partial charge in [0.2, 0.25) is 0 Å². The van der Waals surface area contributed by atoms with Gasteiger partial charge in [-0.3, -0.25) is 0 Å². The van der Waals surface area contributed by atoms with Gasteiger partial charge in [-0.15, -0.1) is 0 Å². The van der Waals surface area contributed by atoms with E-state index in [9.17, 15) is 0 Å².